The second-order valence-electron chi connectivity index (χ2n) is 14.1. The predicted octanol–water partition coefficient (Wildman–Crippen LogP) is 8.15. The minimum absolute atomic E-state index is 0.127. The first-order valence-electron chi connectivity index (χ1n) is 19.5. The van der Waals surface area contributed by atoms with E-state index in [9.17, 15) is 4.79 Å². The van der Waals surface area contributed by atoms with Gasteiger partial charge >= 0.3 is 5.97 Å². The molecule has 0 N–H and O–H groups in total. The molecule has 0 fully saturated rings. The van der Waals surface area contributed by atoms with Crippen molar-refractivity contribution >= 4 is 14.3 Å². The van der Waals surface area contributed by atoms with Crippen molar-refractivity contribution in [3.63, 3.8) is 0 Å². The predicted molar refractivity (Wildman–Crippen MR) is 200 cm³/mol. The van der Waals surface area contributed by atoms with E-state index >= 15 is 0 Å². The zero-order valence-electron chi connectivity index (χ0n) is 32.8. The fraction of sp³-hybridized carbons (Fsp3) is 0.974. The molecule has 0 aliphatic heterocycles. The SMILES string of the molecule is CCCCCCCCCCCCCCCC(=O)OCCOCCOCCOCCOCCOCCOCCOCCO[Si](C)(C)C(C)(C)C. The van der Waals surface area contributed by atoms with Gasteiger partial charge in [-0.25, -0.2) is 0 Å². The van der Waals surface area contributed by atoms with Crippen molar-refractivity contribution in [2.75, 3.05) is 106 Å². The highest BCUT2D eigenvalue weighted by molar-refractivity contribution is 6.74. The Hall–Kier alpha value is -0.633. The Morgan fingerprint density at radius 1 is 0.429 bits per heavy atom. The Morgan fingerprint density at radius 2 is 0.714 bits per heavy atom. The third kappa shape index (κ3) is 35.5. The second-order valence-corrected chi connectivity index (χ2v) is 18.9. The molecule has 49 heavy (non-hydrogen) atoms. The van der Waals surface area contributed by atoms with Crippen molar-refractivity contribution in [2.24, 2.45) is 0 Å². The minimum Gasteiger partial charge on any atom is -0.463 e. The van der Waals surface area contributed by atoms with Crippen molar-refractivity contribution in [1.82, 2.24) is 0 Å². The topological polar surface area (TPSA) is 100 Å². The molecule has 0 saturated carbocycles. The summed E-state index contributed by atoms with van der Waals surface area (Å²) in [6.45, 7) is 21.5. The summed E-state index contributed by atoms with van der Waals surface area (Å²) in [5.41, 5.74) is 0. The number of rotatable bonds is 39. The van der Waals surface area contributed by atoms with Crippen molar-refractivity contribution in [3.8, 4) is 0 Å². The quantitative estimate of drug-likeness (QED) is 0.0351. The number of hydrogen-bond donors (Lipinski definition) is 0. The first-order chi connectivity index (χ1) is 23.7. The van der Waals surface area contributed by atoms with E-state index in [4.69, 9.17) is 42.3 Å². The van der Waals surface area contributed by atoms with Gasteiger partial charge in [0.05, 0.1) is 99.1 Å². The number of esters is 1. The molecule has 0 aromatic heterocycles. The molecule has 0 radical (unpaired) electrons. The van der Waals surface area contributed by atoms with Crippen LogP contribution in [0.15, 0.2) is 0 Å². The van der Waals surface area contributed by atoms with Crippen molar-refractivity contribution in [1.29, 1.82) is 0 Å². The molecule has 0 aliphatic carbocycles. The molecule has 0 atom stereocenters. The molecule has 0 aliphatic rings. The zero-order chi connectivity index (χ0) is 36.2. The zero-order valence-corrected chi connectivity index (χ0v) is 33.8. The van der Waals surface area contributed by atoms with Crippen LogP contribution in [0.3, 0.4) is 0 Å². The standard InChI is InChI=1S/C38H78O10Si/c1-7-8-9-10-11-12-13-14-15-16-17-18-19-20-37(39)47-35-33-45-31-29-43-27-25-41-23-21-40-22-24-42-26-28-44-30-32-46-34-36-48-49(5,6)38(2,3)4/h7-36H2,1-6H3. The molecule has 0 bridgehead atoms. The summed E-state index contributed by atoms with van der Waals surface area (Å²) in [6.07, 6.45) is 17.4. The van der Waals surface area contributed by atoms with E-state index in [-0.39, 0.29) is 11.0 Å². The second kappa shape index (κ2) is 35.8. The molecular formula is C38H78O10Si. The van der Waals surface area contributed by atoms with Gasteiger partial charge in [0.2, 0.25) is 0 Å². The normalized spacial score (nSPS) is 12.2. The van der Waals surface area contributed by atoms with Gasteiger partial charge in [-0.15, -0.1) is 0 Å². The van der Waals surface area contributed by atoms with E-state index in [1.807, 2.05) is 0 Å². The monoisotopic (exact) mass is 723 g/mol. The van der Waals surface area contributed by atoms with E-state index in [2.05, 4.69) is 40.8 Å². The molecule has 294 valence electrons. The number of ether oxygens (including phenoxy) is 8. The Bertz CT molecular complexity index is 690. The van der Waals surface area contributed by atoms with Crippen LogP contribution in [0.25, 0.3) is 0 Å². The molecule has 0 aromatic rings. The summed E-state index contributed by atoms with van der Waals surface area (Å²) < 4.78 is 49.9. The van der Waals surface area contributed by atoms with Gasteiger partial charge in [-0.2, -0.15) is 0 Å². The van der Waals surface area contributed by atoms with Crippen LogP contribution < -0.4 is 0 Å². The summed E-state index contributed by atoms with van der Waals surface area (Å²) in [4.78, 5) is 11.9. The number of carbonyl (C=O) groups is 1. The number of carbonyl (C=O) groups excluding carboxylic acids is 1. The van der Waals surface area contributed by atoms with Crippen molar-refractivity contribution in [3.05, 3.63) is 0 Å². The summed E-state index contributed by atoms with van der Waals surface area (Å²) in [6, 6.07) is 0. The molecular weight excluding hydrogens is 644 g/mol. The van der Waals surface area contributed by atoms with E-state index < -0.39 is 8.32 Å². The van der Waals surface area contributed by atoms with Gasteiger partial charge < -0.3 is 42.3 Å². The van der Waals surface area contributed by atoms with Crippen LogP contribution in [0.4, 0.5) is 0 Å². The van der Waals surface area contributed by atoms with Crippen LogP contribution in [0.1, 0.15) is 118 Å². The Labute approximate surface area is 302 Å². The molecule has 0 unspecified atom stereocenters. The van der Waals surface area contributed by atoms with Gasteiger partial charge in [-0.3, -0.25) is 4.79 Å². The van der Waals surface area contributed by atoms with Crippen LogP contribution in [-0.4, -0.2) is 120 Å². The first-order valence-corrected chi connectivity index (χ1v) is 22.5. The van der Waals surface area contributed by atoms with Crippen LogP contribution in [0.2, 0.25) is 18.1 Å². The smallest absolute Gasteiger partial charge is 0.305 e. The highest BCUT2D eigenvalue weighted by Crippen LogP contribution is 2.36. The minimum atomic E-state index is -1.70. The van der Waals surface area contributed by atoms with Gasteiger partial charge in [0.1, 0.15) is 6.61 Å². The lowest BCUT2D eigenvalue weighted by Crippen LogP contribution is -2.41. The lowest BCUT2D eigenvalue weighted by Gasteiger charge is -2.36. The van der Waals surface area contributed by atoms with E-state index in [1.165, 1.54) is 70.6 Å². The van der Waals surface area contributed by atoms with Gasteiger partial charge in [0.25, 0.3) is 0 Å². The summed E-state index contributed by atoms with van der Waals surface area (Å²) in [7, 11) is -1.70. The van der Waals surface area contributed by atoms with Crippen LogP contribution in [-0.2, 0) is 47.1 Å². The summed E-state index contributed by atoms with van der Waals surface area (Å²) in [5, 5.41) is 0.217. The molecule has 0 saturated heterocycles. The molecule has 0 heterocycles. The Balaban J connectivity index is 3.20. The van der Waals surface area contributed by atoms with Crippen LogP contribution in [0, 0.1) is 0 Å². The third-order valence-electron chi connectivity index (χ3n) is 8.70. The van der Waals surface area contributed by atoms with E-state index in [0.717, 1.165) is 12.8 Å². The maximum atomic E-state index is 11.9. The lowest BCUT2D eigenvalue weighted by molar-refractivity contribution is -0.145. The average Bonchev–Trinajstić information content (AvgIpc) is 3.06. The van der Waals surface area contributed by atoms with Gasteiger partial charge in [0, 0.05) is 6.42 Å². The van der Waals surface area contributed by atoms with Gasteiger partial charge in [-0.05, 0) is 24.6 Å². The molecule has 0 amide bonds. The highest BCUT2D eigenvalue weighted by atomic mass is 28.4. The van der Waals surface area contributed by atoms with Gasteiger partial charge in [0.15, 0.2) is 8.32 Å². The maximum Gasteiger partial charge on any atom is 0.305 e. The van der Waals surface area contributed by atoms with Crippen LogP contribution in [0.5, 0.6) is 0 Å². The number of hydrogen-bond acceptors (Lipinski definition) is 10. The molecule has 0 rings (SSSR count). The molecule has 0 spiro atoms. The Morgan fingerprint density at radius 3 is 1.04 bits per heavy atom. The fourth-order valence-electron chi connectivity index (χ4n) is 4.57. The van der Waals surface area contributed by atoms with Crippen molar-refractivity contribution < 1.29 is 47.1 Å². The van der Waals surface area contributed by atoms with Crippen LogP contribution >= 0.6 is 0 Å². The molecule has 0 aromatic carbocycles. The number of unbranched alkanes of at least 4 members (excludes halogenated alkanes) is 12. The summed E-state index contributed by atoms with van der Waals surface area (Å²) in [5.74, 6) is -0.127. The Kier molecular flexibility index (Phi) is 35.3. The molecule has 11 heteroatoms. The van der Waals surface area contributed by atoms with E-state index in [1.54, 1.807) is 0 Å². The molecule has 10 nitrogen and oxygen atoms in total. The largest absolute Gasteiger partial charge is 0.463 e. The van der Waals surface area contributed by atoms with Crippen molar-refractivity contribution in [2.45, 2.75) is 136 Å². The van der Waals surface area contributed by atoms with Gasteiger partial charge in [-0.1, -0.05) is 105 Å². The maximum absolute atomic E-state index is 11.9. The lowest BCUT2D eigenvalue weighted by atomic mass is 10.0. The average molecular weight is 723 g/mol. The fourth-order valence-corrected chi connectivity index (χ4v) is 5.59. The first kappa shape index (κ1) is 48.4. The summed E-state index contributed by atoms with van der Waals surface area (Å²) >= 11 is 0. The van der Waals surface area contributed by atoms with E-state index in [0.29, 0.717) is 112 Å². The third-order valence-corrected chi connectivity index (χ3v) is 13.2. The highest BCUT2D eigenvalue weighted by Gasteiger charge is 2.36.